The van der Waals surface area contributed by atoms with Crippen LogP contribution in [-0.2, 0) is 39.8 Å². The number of aliphatic hydroxyl groups is 5. The summed E-state index contributed by atoms with van der Waals surface area (Å²) in [6.45, 7) is 18.6. The largest absolute Gasteiger partial charge is 0.429 e. The summed E-state index contributed by atoms with van der Waals surface area (Å²) in [6, 6.07) is 8.79. The van der Waals surface area contributed by atoms with Gasteiger partial charge in [0.15, 0.2) is 18.2 Å². The molecule has 1 aromatic rings. The van der Waals surface area contributed by atoms with E-state index in [2.05, 4.69) is 0 Å². The molecule has 14 nitrogen and oxygen atoms in total. The maximum Gasteiger partial charge on any atom is 0.313 e. The average molecular weight is 825 g/mol. The number of carbonyl (C=O) groups is 1. The van der Waals surface area contributed by atoms with Crippen molar-refractivity contribution in [2.24, 2.45) is 17.8 Å². The van der Waals surface area contributed by atoms with E-state index in [1.165, 1.54) is 14.0 Å². The highest BCUT2D eigenvalue weighted by Gasteiger charge is 2.60. The van der Waals surface area contributed by atoms with E-state index in [0.717, 1.165) is 5.56 Å². The molecule has 1 aromatic carbocycles. The molecule has 0 aliphatic carbocycles. The number of nitrogens with zero attached hydrogens (tertiary/aromatic N) is 2. The van der Waals surface area contributed by atoms with Gasteiger partial charge < -0.3 is 58.9 Å². The van der Waals surface area contributed by atoms with Crippen molar-refractivity contribution in [3.8, 4) is 0 Å². The fraction of sp³-hybridized carbons (Fsp3) is 0.841. The summed E-state index contributed by atoms with van der Waals surface area (Å²) in [6.07, 6.45) is -6.68. The maximum atomic E-state index is 14.8. The van der Waals surface area contributed by atoms with Crippen molar-refractivity contribution in [3.05, 3.63) is 35.9 Å². The van der Waals surface area contributed by atoms with Crippen LogP contribution in [0.4, 0.5) is 0 Å². The van der Waals surface area contributed by atoms with Crippen LogP contribution in [0.25, 0.3) is 0 Å². The molecule has 3 fully saturated rings. The predicted octanol–water partition coefficient (Wildman–Crippen LogP) is 3.82. The monoisotopic (exact) mass is 825 g/mol. The van der Waals surface area contributed by atoms with E-state index >= 15 is 0 Å². The highest BCUT2D eigenvalue weighted by molar-refractivity contribution is 5.73. The number of esters is 1. The number of ether oxygens (including phenoxy) is 6. The van der Waals surface area contributed by atoms with Gasteiger partial charge in [0.2, 0.25) is 5.79 Å². The molecule has 3 aliphatic heterocycles. The Kier molecular flexibility index (Phi) is 16.4. The van der Waals surface area contributed by atoms with E-state index in [1.807, 2.05) is 75.0 Å². The van der Waals surface area contributed by atoms with Crippen molar-refractivity contribution < 1.29 is 58.7 Å². The summed E-state index contributed by atoms with van der Waals surface area (Å²) in [4.78, 5) is 18.7. The molecule has 0 radical (unpaired) electrons. The second kappa shape index (κ2) is 19.5. The summed E-state index contributed by atoms with van der Waals surface area (Å²) >= 11 is 0. The molecule has 3 aliphatic rings. The Morgan fingerprint density at radius 3 is 2.17 bits per heavy atom. The Hall–Kier alpha value is -1.79. The lowest BCUT2D eigenvalue weighted by Crippen LogP contribution is -2.69. The summed E-state index contributed by atoms with van der Waals surface area (Å²) in [5.41, 5.74) is -3.35. The molecule has 14 heteroatoms. The highest BCUT2D eigenvalue weighted by Crippen LogP contribution is 2.42. The van der Waals surface area contributed by atoms with Gasteiger partial charge in [-0.3, -0.25) is 9.69 Å². The number of benzene rings is 1. The second-order valence-electron chi connectivity index (χ2n) is 18.7. The van der Waals surface area contributed by atoms with Crippen LogP contribution < -0.4 is 0 Å². The molecule has 334 valence electrons. The molecule has 0 aromatic heterocycles. The van der Waals surface area contributed by atoms with E-state index in [0.29, 0.717) is 25.9 Å². The van der Waals surface area contributed by atoms with E-state index in [1.54, 1.807) is 41.5 Å². The number of hydrogen-bond acceptors (Lipinski definition) is 14. The number of likely N-dealkylation sites (N-methyl/N-ethyl adjacent to an activating group) is 2. The van der Waals surface area contributed by atoms with Gasteiger partial charge in [0.05, 0.1) is 35.4 Å². The summed E-state index contributed by atoms with van der Waals surface area (Å²) in [7, 11) is 5.27. The highest BCUT2D eigenvalue weighted by atomic mass is 16.8. The molecule has 0 saturated carbocycles. The van der Waals surface area contributed by atoms with Gasteiger partial charge in [0, 0.05) is 45.1 Å². The van der Waals surface area contributed by atoms with Crippen molar-refractivity contribution in [3.63, 3.8) is 0 Å². The summed E-state index contributed by atoms with van der Waals surface area (Å²) < 4.78 is 37.9. The van der Waals surface area contributed by atoms with Crippen LogP contribution in [-0.4, -0.2) is 153 Å². The minimum absolute atomic E-state index is 0.0395. The molecule has 10 unspecified atom stereocenters. The van der Waals surface area contributed by atoms with Gasteiger partial charge in [-0.1, -0.05) is 51.1 Å². The van der Waals surface area contributed by atoms with Crippen LogP contribution in [0.15, 0.2) is 30.3 Å². The van der Waals surface area contributed by atoms with Crippen LogP contribution in [0.3, 0.4) is 0 Å². The lowest BCUT2D eigenvalue weighted by atomic mass is 9.80. The van der Waals surface area contributed by atoms with Crippen molar-refractivity contribution in [1.82, 2.24) is 9.80 Å². The van der Waals surface area contributed by atoms with Crippen molar-refractivity contribution in [2.45, 2.75) is 192 Å². The van der Waals surface area contributed by atoms with Gasteiger partial charge >= 0.3 is 5.97 Å². The van der Waals surface area contributed by atoms with Crippen LogP contribution in [0, 0.1) is 17.8 Å². The third-order valence-electron chi connectivity index (χ3n) is 13.3. The first kappa shape index (κ1) is 48.9. The molecule has 0 spiro atoms. The molecule has 3 saturated heterocycles. The number of cyclic esters (lactones) is 1. The maximum absolute atomic E-state index is 14.8. The first-order valence-electron chi connectivity index (χ1n) is 21.3. The Balaban J connectivity index is 1.77. The first-order chi connectivity index (χ1) is 26.9. The molecule has 5 N–H and O–H groups in total. The molecular weight excluding hydrogens is 748 g/mol. The Labute approximate surface area is 347 Å². The average Bonchev–Trinajstić information content (AvgIpc) is 3.15. The second-order valence-corrected chi connectivity index (χ2v) is 18.7. The van der Waals surface area contributed by atoms with Crippen molar-refractivity contribution in [2.75, 3.05) is 27.7 Å². The quantitative estimate of drug-likeness (QED) is 0.227. The number of rotatable bonds is 9. The zero-order chi connectivity index (χ0) is 43.5. The summed E-state index contributed by atoms with van der Waals surface area (Å²) in [5, 5.41) is 59.5. The van der Waals surface area contributed by atoms with Gasteiger partial charge in [-0.2, -0.15) is 0 Å². The molecule has 4 rings (SSSR count). The van der Waals surface area contributed by atoms with Crippen molar-refractivity contribution >= 4 is 5.97 Å². The smallest absolute Gasteiger partial charge is 0.313 e. The van der Waals surface area contributed by atoms with E-state index < -0.39 is 95.6 Å². The lowest BCUT2D eigenvalue weighted by molar-refractivity contribution is -0.393. The number of hydrogen-bond donors (Lipinski definition) is 5. The van der Waals surface area contributed by atoms with E-state index in [4.69, 9.17) is 28.4 Å². The molecule has 58 heavy (non-hydrogen) atoms. The fourth-order valence-corrected chi connectivity index (χ4v) is 9.71. The van der Waals surface area contributed by atoms with E-state index in [9.17, 15) is 30.3 Å². The van der Waals surface area contributed by atoms with Crippen LogP contribution in [0.2, 0.25) is 0 Å². The number of aliphatic hydroxyl groups excluding tert-OH is 3. The predicted molar refractivity (Wildman–Crippen MR) is 218 cm³/mol. The van der Waals surface area contributed by atoms with Gasteiger partial charge in [-0.15, -0.1) is 0 Å². The Morgan fingerprint density at radius 1 is 0.931 bits per heavy atom. The molecule has 0 bridgehead atoms. The molecule has 0 amide bonds. The summed E-state index contributed by atoms with van der Waals surface area (Å²) in [5.74, 6) is -4.54. The Morgan fingerprint density at radius 2 is 1.57 bits per heavy atom. The SMILES string of the molecule is CCC1(O[C@@H]2O[C@H](C)C[C@H](N(C)Cc3ccccc3)[C@H]2O)OC(=O)C(C)C(OC2C[C@@](C)(OC)[C@@H](O)[C@H](C)O2)C(C)CC(C)(O)CC(C)CN(C)C(C)C(O)C1(C)O. The van der Waals surface area contributed by atoms with E-state index in [-0.39, 0.29) is 31.3 Å². The fourth-order valence-electron chi connectivity index (χ4n) is 9.71. The topological polar surface area (TPSA) is 180 Å². The molecule has 17 atom stereocenters. The van der Waals surface area contributed by atoms with Crippen LogP contribution in [0.5, 0.6) is 0 Å². The van der Waals surface area contributed by atoms with Gasteiger partial charge in [0.25, 0.3) is 0 Å². The minimum atomic E-state index is -2.25. The van der Waals surface area contributed by atoms with Crippen LogP contribution in [0.1, 0.15) is 107 Å². The third-order valence-corrected chi connectivity index (χ3v) is 13.3. The lowest BCUT2D eigenvalue weighted by Gasteiger charge is -2.51. The standard InChI is InChI=1S/C44H76N2O12/c1-14-44(58-40-35(47)33(20-28(4)54-40)46(12)25-32-18-16-15-17-19-32)43(10,52)37(48)30(6)45(11)24-26(2)21-41(8,51)22-27(3)36(29(5)39(50)57-44)56-34-23-42(9,53-13)38(49)31(7)55-34/h15-19,26-31,33-38,40,47-49,51-52H,14,20-25H2,1-13H3/t26?,27?,28-,29?,30?,31+,33+,34?,35-,36?,37?,38+,40+,41?,42-,43?,44?/m1/s1. The zero-order valence-electron chi connectivity index (χ0n) is 37.3. The molecule has 3 heterocycles. The van der Waals surface area contributed by atoms with Crippen molar-refractivity contribution in [1.29, 1.82) is 0 Å². The Bertz CT molecular complexity index is 1450. The third kappa shape index (κ3) is 11.0. The number of carbonyl (C=O) groups excluding carboxylic acids is 1. The van der Waals surface area contributed by atoms with Gasteiger partial charge in [-0.25, -0.2) is 0 Å². The van der Waals surface area contributed by atoms with Gasteiger partial charge in [0.1, 0.15) is 18.3 Å². The van der Waals surface area contributed by atoms with Crippen LogP contribution >= 0.6 is 0 Å². The van der Waals surface area contributed by atoms with Gasteiger partial charge in [-0.05, 0) is 99.2 Å². The normalized spacial score (nSPS) is 45.6. The number of methoxy groups -OCH3 is 1. The molecular formula is C44H76N2O12. The minimum Gasteiger partial charge on any atom is -0.429 e. The first-order valence-corrected chi connectivity index (χ1v) is 21.3. The zero-order valence-corrected chi connectivity index (χ0v) is 37.3.